The molecule has 0 saturated carbocycles. The molecule has 2 aliphatic rings. The third kappa shape index (κ3) is 4.52. The minimum absolute atomic E-state index is 0.0521. The van der Waals surface area contributed by atoms with E-state index >= 15 is 0 Å². The summed E-state index contributed by atoms with van der Waals surface area (Å²) in [5.74, 6) is 0.903. The SMILES string of the molecule is OCCOc1ccccc1CN1CCCC(N2CCc3ccccc3C2)C1. The predicted octanol–water partition coefficient (Wildman–Crippen LogP) is 3.08. The molecule has 0 bridgehead atoms. The van der Waals surface area contributed by atoms with Crippen LogP contribution < -0.4 is 4.74 Å². The highest BCUT2D eigenvalue weighted by atomic mass is 16.5. The molecule has 4 nitrogen and oxygen atoms in total. The molecule has 4 rings (SSSR count). The Morgan fingerprint density at radius 2 is 1.81 bits per heavy atom. The number of piperidine rings is 1. The lowest BCUT2D eigenvalue weighted by Gasteiger charge is -2.41. The van der Waals surface area contributed by atoms with Crippen LogP contribution in [-0.2, 0) is 19.5 Å². The Balaban J connectivity index is 1.39. The van der Waals surface area contributed by atoms with E-state index < -0.39 is 0 Å². The lowest BCUT2D eigenvalue weighted by molar-refractivity contribution is 0.0831. The lowest BCUT2D eigenvalue weighted by atomic mass is 9.96. The molecule has 144 valence electrons. The molecule has 4 heteroatoms. The number of aliphatic hydroxyl groups excluding tert-OH is 1. The number of ether oxygens (including phenoxy) is 1. The van der Waals surface area contributed by atoms with Gasteiger partial charge in [0.25, 0.3) is 0 Å². The van der Waals surface area contributed by atoms with Crippen LogP contribution in [0.15, 0.2) is 48.5 Å². The summed E-state index contributed by atoms with van der Waals surface area (Å²) >= 11 is 0. The van der Waals surface area contributed by atoms with Crippen molar-refractivity contribution in [3.8, 4) is 5.75 Å². The maximum atomic E-state index is 9.05. The Bertz CT molecular complexity index is 749. The number of fused-ring (bicyclic) bond motifs is 1. The first-order valence-electron chi connectivity index (χ1n) is 10.2. The molecule has 0 amide bonds. The molecule has 2 aromatic rings. The maximum Gasteiger partial charge on any atom is 0.123 e. The molecule has 2 heterocycles. The second-order valence-electron chi connectivity index (χ2n) is 7.70. The average Bonchev–Trinajstić information content (AvgIpc) is 2.73. The molecular formula is C23H30N2O2. The van der Waals surface area contributed by atoms with Gasteiger partial charge in [0.05, 0.1) is 6.61 Å². The van der Waals surface area contributed by atoms with Crippen molar-refractivity contribution >= 4 is 0 Å². The molecule has 0 radical (unpaired) electrons. The Morgan fingerprint density at radius 3 is 2.70 bits per heavy atom. The van der Waals surface area contributed by atoms with Crippen molar-refractivity contribution in [2.75, 3.05) is 32.8 Å². The Morgan fingerprint density at radius 1 is 1.00 bits per heavy atom. The van der Waals surface area contributed by atoms with Crippen LogP contribution in [0.1, 0.15) is 29.5 Å². The molecule has 0 spiro atoms. The van der Waals surface area contributed by atoms with Gasteiger partial charge in [0, 0.05) is 37.8 Å². The number of likely N-dealkylation sites (tertiary alicyclic amines) is 1. The highest BCUT2D eigenvalue weighted by molar-refractivity contribution is 5.33. The van der Waals surface area contributed by atoms with E-state index in [0.717, 1.165) is 31.9 Å². The van der Waals surface area contributed by atoms with E-state index in [1.807, 2.05) is 12.1 Å². The number of para-hydroxylation sites is 1. The van der Waals surface area contributed by atoms with Crippen LogP contribution in [0.25, 0.3) is 0 Å². The van der Waals surface area contributed by atoms with Gasteiger partial charge >= 0.3 is 0 Å². The second kappa shape index (κ2) is 8.87. The van der Waals surface area contributed by atoms with E-state index in [4.69, 9.17) is 9.84 Å². The third-order valence-electron chi connectivity index (χ3n) is 5.87. The summed E-state index contributed by atoms with van der Waals surface area (Å²) in [4.78, 5) is 5.25. The van der Waals surface area contributed by atoms with Crippen LogP contribution in [-0.4, -0.2) is 53.8 Å². The summed E-state index contributed by atoms with van der Waals surface area (Å²) in [6.45, 7) is 5.86. The molecule has 1 unspecified atom stereocenters. The van der Waals surface area contributed by atoms with Crippen LogP contribution >= 0.6 is 0 Å². The lowest BCUT2D eigenvalue weighted by Crippen LogP contribution is -2.49. The van der Waals surface area contributed by atoms with Crippen molar-refractivity contribution in [2.45, 2.75) is 38.4 Å². The van der Waals surface area contributed by atoms with E-state index in [1.54, 1.807) is 0 Å². The summed E-state index contributed by atoms with van der Waals surface area (Å²) in [7, 11) is 0. The van der Waals surface area contributed by atoms with Crippen molar-refractivity contribution in [2.24, 2.45) is 0 Å². The number of hydrogen-bond acceptors (Lipinski definition) is 4. The van der Waals surface area contributed by atoms with Gasteiger partial charge in [0.2, 0.25) is 0 Å². The van der Waals surface area contributed by atoms with Gasteiger partial charge in [-0.2, -0.15) is 0 Å². The van der Waals surface area contributed by atoms with Gasteiger partial charge in [-0.05, 0) is 43.0 Å². The normalized spacial score (nSPS) is 21.0. The van der Waals surface area contributed by atoms with E-state index in [1.165, 1.54) is 42.5 Å². The fraction of sp³-hybridized carbons (Fsp3) is 0.478. The molecule has 1 atom stereocenters. The quantitative estimate of drug-likeness (QED) is 0.852. The van der Waals surface area contributed by atoms with E-state index in [2.05, 4.69) is 46.2 Å². The van der Waals surface area contributed by atoms with Gasteiger partial charge in [-0.15, -0.1) is 0 Å². The standard InChI is InChI=1S/C23H30N2O2/c26-14-15-27-23-10-4-3-8-21(23)16-24-12-5-9-22(18-24)25-13-11-19-6-1-2-7-20(19)17-25/h1-4,6-8,10,22,26H,5,9,11-18H2. The van der Waals surface area contributed by atoms with Crippen molar-refractivity contribution in [3.63, 3.8) is 0 Å². The topological polar surface area (TPSA) is 35.9 Å². The minimum atomic E-state index is 0.0521. The summed E-state index contributed by atoms with van der Waals surface area (Å²) in [5.41, 5.74) is 4.25. The van der Waals surface area contributed by atoms with E-state index in [0.29, 0.717) is 12.6 Å². The fourth-order valence-corrected chi connectivity index (χ4v) is 4.47. The zero-order chi connectivity index (χ0) is 18.5. The van der Waals surface area contributed by atoms with Crippen LogP contribution in [0.4, 0.5) is 0 Å². The number of rotatable bonds is 6. The van der Waals surface area contributed by atoms with Crippen LogP contribution in [0.5, 0.6) is 5.75 Å². The van der Waals surface area contributed by atoms with Crippen LogP contribution in [0, 0.1) is 0 Å². The number of hydrogen-bond donors (Lipinski definition) is 1. The van der Waals surface area contributed by atoms with Gasteiger partial charge in [-0.3, -0.25) is 9.80 Å². The van der Waals surface area contributed by atoms with Crippen molar-refractivity contribution in [1.29, 1.82) is 0 Å². The Labute approximate surface area is 162 Å². The van der Waals surface area contributed by atoms with Crippen molar-refractivity contribution < 1.29 is 9.84 Å². The molecule has 1 fully saturated rings. The monoisotopic (exact) mass is 366 g/mol. The molecule has 1 saturated heterocycles. The first-order valence-corrected chi connectivity index (χ1v) is 10.2. The molecular weight excluding hydrogens is 336 g/mol. The largest absolute Gasteiger partial charge is 0.491 e. The number of aliphatic hydroxyl groups is 1. The third-order valence-corrected chi connectivity index (χ3v) is 5.87. The summed E-state index contributed by atoms with van der Waals surface area (Å²) in [6, 6.07) is 17.8. The van der Waals surface area contributed by atoms with E-state index in [-0.39, 0.29) is 6.61 Å². The Kier molecular flexibility index (Phi) is 6.07. The average molecular weight is 367 g/mol. The molecule has 0 aliphatic carbocycles. The summed E-state index contributed by atoms with van der Waals surface area (Å²) < 4.78 is 5.72. The van der Waals surface area contributed by atoms with Crippen LogP contribution in [0.3, 0.4) is 0 Å². The summed E-state index contributed by atoms with van der Waals surface area (Å²) in [5, 5.41) is 9.05. The molecule has 2 aromatic carbocycles. The van der Waals surface area contributed by atoms with E-state index in [9.17, 15) is 0 Å². The maximum absolute atomic E-state index is 9.05. The van der Waals surface area contributed by atoms with Gasteiger partial charge in [-0.25, -0.2) is 0 Å². The smallest absolute Gasteiger partial charge is 0.123 e. The first-order chi connectivity index (χ1) is 13.3. The minimum Gasteiger partial charge on any atom is -0.491 e. The fourth-order valence-electron chi connectivity index (χ4n) is 4.47. The van der Waals surface area contributed by atoms with Crippen molar-refractivity contribution in [3.05, 3.63) is 65.2 Å². The van der Waals surface area contributed by atoms with Gasteiger partial charge in [-0.1, -0.05) is 42.5 Å². The van der Waals surface area contributed by atoms with Gasteiger partial charge in [0.15, 0.2) is 0 Å². The first kappa shape index (κ1) is 18.5. The number of nitrogens with zero attached hydrogens (tertiary/aromatic N) is 2. The molecule has 2 aliphatic heterocycles. The van der Waals surface area contributed by atoms with Gasteiger partial charge < -0.3 is 9.84 Å². The number of benzene rings is 2. The highest BCUT2D eigenvalue weighted by Crippen LogP contribution is 2.26. The van der Waals surface area contributed by atoms with Crippen molar-refractivity contribution in [1.82, 2.24) is 9.80 Å². The summed E-state index contributed by atoms with van der Waals surface area (Å²) in [6.07, 6.45) is 3.72. The predicted molar refractivity (Wildman–Crippen MR) is 108 cm³/mol. The van der Waals surface area contributed by atoms with Gasteiger partial charge in [0.1, 0.15) is 12.4 Å². The molecule has 1 N–H and O–H groups in total. The zero-order valence-electron chi connectivity index (χ0n) is 16.0. The van der Waals surface area contributed by atoms with Crippen LogP contribution in [0.2, 0.25) is 0 Å². The Hall–Kier alpha value is -1.88. The molecule has 27 heavy (non-hydrogen) atoms. The highest BCUT2D eigenvalue weighted by Gasteiger charge is 2.28. The second-order valence-corrected chi connectivity index (χ2v) is 7.70. The zero-order valence-corrected chi connectivity index (χ0v) is 16.0. The molecule has 0 aromatic heterocycles.